The fraction of sp³-hybridized carbons (Fsp3) is 0. The van der Waals surface area contributed by atoms with Gasteiger partial charge in [0.05, 0.1) is 4.92 Å². The Morgan fingerprint density at radius 1 is 1.56 bits per heavy atom. The molecule has 7 heteroatoms. The molecule has 2 heterocycles. The van der Waals surface area contributed by atoms with Gasteiger partial charge in [-0.1, -0.05) is 0 Å². The van der Waals surface area contributed by atoms with Crippen molar-refractivity contribution in [3.8, 4) is 11.8 Å². The number of pyridine rings is 1. The molecule has 0 N–H and O–H groups in total. The molecule has 0 aliphatic heterocycles. The topological polar surface area (TPSA) is 97.6 Å². The first-order valence-electron chi connectivity index (χ1n) is 4.27. The fourth-order valence-corrected chi connectivity index (χ4v) is 1.21. The number of nitro groups is 1. The van der Waals surface area contributed by atoms with Crippen LogP contribution in [0.15, 0.2) is 30.7 Å². The van der Waals surface area contributed by atoms with Crippen molar-refractivity contribution in [3.05, 3.63) is 46.5 Å². The smallest absolute Gasteiger partial charge is 0.258 e. The zero-order chi connectivity index (χ0) is 11.5. The Morgan fingerprint density at radius 2 is 2.38 bits per heavy atom. The van der Waals surface area contributed by atoms with Gasteiger partial charge in [0.2, 0.25) is 0 Å². The average molecular weight is 215 g/mol. The van der Waals surface area contributed by atoms with Crippen molar-refractivity contribution >= 4 is 5.69 Å². The van der Waals surface area contributed by atoms with Gasteiger partial charge in [-0.25, -0.2) is 9.67 Å². The summed E-state index contributed by atoms with van der Waals surface area (Å²) in [7, 11) is 0. The van der Waals surface area contributed by atoms with E-state index in [0.717, 1.165) is 6.20 Å². The predicted octanol–water partition coefficient (Wildman–Crippen LogP) is 1.05. The monoisotopic (exact) mass is 215 g/mol. The molecule has 16 heavy (non-hydrogen) atoms. The van der Waals surface area contributed by atoms with Gasteiger partial charge in [0.15, 0.2) is 5.69 Å². The van der Waals surface area contributed by atoms with Crippen molar-refractivity contribution in [3.63, 3.8) is 0 Å². The van der Waals surface area contributed by atoms with Crippen LogP contribution in [0.4, 0.5) is 5.69 Å². The SMILES string of the molecule is N#Cc1ncccc1-n1cc([N+](=O)[O-])cn1. The molecule has 0 atom stereocenters. The average Bonchev–Trinajstić information content (AvgIpc) is 2.78. The minimum Gasteiger partial charge on any atom is -0.258 e. The number of aromatic nitrogens is 3. The molecule has 2 aromatic heterocycles. The zero-order valence-corrected chi connectivity index (χ0v) is 7.94. The van der Waals surface area contributed by atoms with Crippen molar-refractivity contribution in [2.75, 3.05) is 0 Å². The molecule has 0 aromatic carbocycles. The minimum absolute atomic E-state index is 0.132. The van der Waals surface area contributed by atoms with Crippen LogP contribution in [0.25, 0.3) is 5.69 Å². The molecule has 2 rings (SSSR count). The van der Waals surface area contributed by atoms with Crippen LogP contribution < -0.4 is 0 Å². The summed E-state index contributed by atoms with van der Waals surface area (Å²) in [6, 6.07) is 5.13. The highest BCUT2D eigenvalue weighted by Gasteiger charge is 2.12. The first kappa shape index (κ1) is 9.79. The summed E-state index contributed by atoms with van der Waals surface area (Å²) < 4.78 is 1.25. The number of nitrogens with zero attached hydrogens (tertiary/aromatic N) is 5. The Bertz CT molecular complexity index is 584. The lowest BCUT2D eigenvalue weighted by molar-refractivity contribution is -0.384. The number of nitriles is 1. The maximum Gasteiger partial charge on any atom is 0.307 e. The van der Waals surface area contributed by atoms with E-state index >= 15 is 0 Å². The van der Waals surface area contributed by atoms with Crippen LogP contribution in [0, 0.1) is 21.4 Å². The summed E-state index contributed by atoms with van der Waals surface area (Å²) in [6.07, 6.45) is 3.83. The normalized spacial score (nSPS) is 9.69. The standard InChI is InChI=1S/C9H5N5O2/c10-4-8-9(2-1-3-11-8)13-6-7(5-12-13)14(15)16/h1-3,5-6H. The Balaban J connectivity index is 2.51. The summed E-state index contributed by atoms with van der Waals surface area (Å²) >= 11 is 0. The summed E-state index contributed by atoms with van der Waals surface area (Å²) in [4.78, 5) is 13.8. The van der Waals surface area contributed by atoms with Crippen LogP contribution >= 0.6 is 0 Å². The van der Waals surface area contributed by atoms with Gasteiger partial charge in [0.25, 0.3) is 0 Å². The van der Waals surface area contributed by atoms with Crippen LogP contribution in [-0.2, 0) is 0 Å². The molecule has 0 saturated heterocycles. The molecule has 0 aliphatic carbocycles. The molecular weight excluding hydrogens is 210 g/mol. The molecule has 0 unspecified atom stereocenters. The van der Waals surface area contributed by atoms with Crippen molar-refractivity contribution in [1.82, 2.24) is 14.8 Å². The maximum atomic E-state index is 10.5. The minimum atomic E-state index is -0.550. The summed E-state index contributed by atoms with van der Waals surface area (Å²) in [6.45, 7) is 0. The van der Waals surface area contributed by atoms with Gasteiger partial charge in [-0.2, -0.15) is 10.4 Å². The Morgan fingerprint density at radius 3 is 3.00 bits per heavy atom. The van der Waals surface area contributed by atoms with Gasteiger partial charge >= 0.3 is 5.69 Å². The summed E-state index contributed by atoms with van der Waals surface area (Å²) in [5, 5.41) is 23.1. The first-order valence-corrected chi connectivity index (χ1v) is 4.27. The largest absolute Gasteiger partial charge is 0.307 e. The van der Waals surface area contributed by atoms with Crippen LogP contribution in [-0.4, -0.2) is 19.7 Å². The first-order chi connectivity index (χ1) is 7.72. The second kappa shape index (κ2) is 3.78. The Hall–Kier alpha value is -2.75. The number of hydrogen-bond acceptors (Lipinski definition) is 5. The second-order valence-electron chi connectivity index (χ2n) is 2.88. The molecule has 0 aliphatic rings. The second-order valence-corrected chi connectivity index (χ2v) is 2.88. The van der Waals surface area contributed by atoms with Crippen molar-refractivity contribution in [2.24, 2.45) is 0 Å². The van der Waals surface area contributed by atoms with E-state index in [1.54, 1.807) is 12.1 Å². The van der Waals surface area contributed by atoms with E-state index in [4.69, 9.17) is 5.26 Å². The third-order valence-corrected chi connectivity index (χ3v) is 1.92. The van der Waals surface area contributed by atoms with E-state index in [0.29, 0.717) is 5.69 Å². The number of hydrogen-bond donors (Lipinski definition) is 0. The maximum absolute atomic E-state index is 10.5. The number of rotatable bonds is 2. The lowest BCUT2D eigenvalue weighted by Gasteiger charge is -2.00. The molecule has 0 amide bonds. The van der Waals surface area contributed by atoms with Gasteiger partial charge in [-0.05, 0) is 12.1 Å². The van der Waals surface area contributed by atoms with Crippen molar-refractivity contribution in [2.45, 2.75) is 0 Å². The predicted molar refractivity (Wildman–Crippen MR) is 52.7 cm³/mol. The highest BCUT2D eigenvalue weighted by molar-refractivity contribution is 5.44. The van der Waals surface area contributed by atoms with Gasteiger partial charge in [0.1, 0.15) is 24.2 Å². The Kier molecular flexibility index (Phi) is 2.31. The lowest BCUT2D eigenvalue weighted by Crippen LogP contribution is -1.99. The van der Waals surface area contributed by atoms with Gasteiger partial charge < -0.3 is 0 Å². The highest BCUT2D eigenvalue weighted by atomic mass is 16.6. The highest BCUT2D eigenvalue weighted by Crippen LogP contribution is 2.14. The van der Waals surface area contributed by atoms with Crippen LogP contribution in [0.5, 0.6) is 0 Å². The molecule has 0 radical (unpaired) electrons. The van der Waals surface area contributed by atoms with Gasteiger partial charge in [-0.15, -0.1) is 0 Å². The molecule has 7 nitrogen and oxygen atoms in total. The molecular formula is C9H5N5O2. The Labute approximate surface area is 89.7 Å². The molecule has 2 aromatic rings. The van der Waals surface area contributed by atoms with Gasteiger partial charge in [0, 0.05) is 6.20 Å². The van der Waals surface area contributed by atoms with Crippen LogP contribution in [0.1, 0.15) is 5.69 Å². The van der Waals surface area contributed by atoms with Crippen LogP contribution in [0.3, 0.4) is 0 Å². The van der Waals surface area contributed by atoms with E-state index in [1.807, 2.05) is 6.07 Å². The summed E-state index contributed by atoms with van der Waals surface area (Å²) in [5.41, 5.74) is 0.450. The van der Waals surface area contributed by atoms with E-state index in [9.17, 15) is 10.1 Å². The quantitative estimate of drug-likeness (QED) is 0.550. The van der Waals surface area contributed by atoms with E-state index in [1.165, 1.54) is 17.1 Å². The molecule has 78 valence electrons. The van der Waals surface area contributed by atoms with Crippen LogP contribution in [0.2, 0.25) is 0 Å². The van der Waals surface area contributed by atoms with Crippen molar-refractivity contribution in [1.29, 1.82) is 5.26 Å². The third kappa shape index (κ3) is 1.59. The van der Waals surface area contributed by atoms with Crippen molar-refractivity contribution < 1.29 is 4.92 Å². The van der Waals surface area contributed by atoms with E-state index in [-0.39, 0.29) is 11.4 Å². The molecule has 0 spiro atoms. The third-order valence-electron chi connectivity index (χ3n) is 1.92. The van der Waals surface area contributed by atoms with Gasteiger partial charge in [-0.3, -0.25) is 10.1 Å². The van der Waals surface area contributed by atoms with E-state index < -0.39 is 4.92 Å². The zero-order valence-electron chi connectivity index (χ0n) is 7.94. The molecule has 0 bridgehead atoms. The lowest BCUT2D eigenvalue weighted by atomic mass is 10.3. The van der Waals surface area contributed by atoms with E-state index in [2.05, 4.69) is 10.1 Å². The molecule has 0 fully saturated rings. The molecule has 0 saturated carbocycles. The summed E-state index contributed by atoms with van der Waals surface area (Å²) in [5.74, 6) is 0. The fourth-order valence-electron chi connectivity index (χ4n) is 1.21.